The van der Waals surface area contributed by atoms with E-state index in [1.165, 1.54) is 26.4 Å². The Morgan fingerprint density at radius 3 is 2.38 bits per heavy atom. The first-order valence-electron chi connectivity index (χ1n) is 12.3. The van der Waals surface area contributed by atoms with Crippen molar-refractivity contribution in [3.8, 4) is 10.6 Å². The molecule has 1 aromatic heterocycles. The van der Waals surface area contributed by atoms with Crippen molar-refractivity contribution < 1.29 is 27.5 Å². The molecule has 2 heterocycles. The predicted octanol–water partition coefficient (Wildman–Crippen LogP) is 4.98. The normalized spacial score (nSPS) is 16.1. The number of benzene rings is 3. The zero-order valence-electron chi connectivity index (χ0n) is 21.9. The molecule has 3 aromatic carbocycles. The average molecular weight is 645 g/mol. The number of carbonyl (C=O) groups excluding carboxylic acids is 2. The number of sulfonamides is 1. The zero-order valence-corrected chi connectivity index (χ0v) is 25.1. The second kappa shape index (κ2) is 11.5. The Bertz CT molecular complexity index is 1670. The third kappa shape index (κ3) is 5.47. The molecule has 1 saturated heterocycles. The lowest BCUT2D eigenvalue weighted by Gasteiger charge is -2.29. The van der Waals surface area contributed by atoms with Gasteiger partial charge in [0.15, 0.2) is 6.29 Å². The molecule has 0 spiro atoms. The fraction of sp³-hybridized carbons (Fsp3) is 0.250. The van der Waals surface area contributed by atoms with Crippen molar-refractivity contribution in [1.29, 1.82) is 0 Å². The molecule has 208 valence electrons. The van der Waals surface area contributed by atoms with Crippen molar-refractivity contribution in [2.24, 2.45) is 0 Å². The molecule has 0 radical (unpaired) electrons. The van der Waals surface area contributed by atoms with Crippen molar-refractivity contribution >= 4 is 65.0 Å². The van der Waals surface area contributed by atoms with Gasteiger partial charge in [-0.15, -0.1) is 11.3 Å². The fourth-order valence-corrected chi connectivity index (χ4v) is 7.45. The molecule has 1 fully saturated rings. The van der Waals surface area contributed by atoms with Gasteiger partial charge >= 0.3 is 0 Å². The number of aryl methyl sites for hydroxylation is 1. The number of aromatic nitrogens is 1. The lowest BCUT2D eigenvalue weighted by molar-refractivity contribution is -0.125. The minimum absolute atomic E-state index is 0.0178. The van der Waals surface area contributed by atoms with Crippen LogP contribution >= 0.6 is 27.3 Å². The van der Waals surface area contributed by atoms with Crippen LogP contribution in [-0.2, 0) is 29.1 Å². The van der Waals surface area contributed by atoms with Crippen molar-refractivity contribution in [3.05, 3.63) is 76.8 Å². The van der Waals surface area contributed by atoms with Crippen LogP contribution in [-0.4, -0.2) is 62.6 Å². The van der Waals surface area contributed by atoms with Gasteiger partial charge in [0.05, 0.1) is 33.8 Å². The van der Waals surface area contributed by atoms with Crippen molar-refractivity contribution in [3.63, 3.8) is 0 Å². The molecule has 40 heavy (non-hydrogen) atoms. The number of hydrogen-bond donors (Lipinski definition) is 0. The van der Waals surface area contributed by atoms with Crippen molar-refractivity contribution in [1.82, 2.24) is 9.29 Å². The molecule has 1 aliphatic rings. The van der Waals surface area contributed by atoms with Gasteiger partial charge in [0.1, 0.15) is 11.0 Å². The van der Waals surface area contributed by atoms with E-state index >= 15 is 0 Å². The first kappa shape index (κ1) is 28.5. The summed E-state index contributed by atoms with van der Waals surface area (Å²) in [6.07, 6.45) is -1.26. The smallest absolute Gasteiger partial charge is 0.252 e. The van der Waals surface area contributed by atoms with E-state index in [1.807, 2.05) is 19.1 Å². The van der Waals surface area contributed by atoms with Crippen LogP contribution in [0.4, 0.5) is 5.69 Å². The van der Waals surface area contributed by atoms with Gasteiger partial charge in [-0.25, -0.2) is 18.3 Å². The van der Waals surface area contributed by atoms with Gasteiger partial charge in [-0.1, -0.05) is 22.0 Å². The lowest BCUT2D eigenvalue weighted by Crippen LogP contribution is -2.49. The number of carbonyl (C=O) groups is 2. The zero-order chi connectivity index (χ0) is 28.6. The third-order valence-electron chi connectivity index (χ3n) is 6.66. The van der Waals surface area contributed by atoms with Crippen LogP contribution in [0.15, 0.2) is 76.1 Å². The van der Waals surface area contributed by atoms with Crippen molar-refractivity contribution in [2.45, 2.75) is 30.6 Å². The standard InChI is InChI=1S/C28H26BrN3O6S2/c1-17-4-13-22-24(14-17)39-27(30-22)18-5-9-20(10-6-18)32-25(33)15-23(28(32)34)31(16-26(37-2)38-3)40(35,36)21-11-7-19(29)8-12-21/h4-14,23,26H,15-16H2,1-3H3. The number of fused-ring (bicyclic) bond motifs is 1. The van der Waals surface area contributed by atoms with Crippen LogP contribution in [0.5, 0.6) is 0 Å². The Labute approximate surface area is 244 Å². The predicted molar refractivity (Wildman–Crippen MR) is 157 cm³/mol. The maximum atomic E-state index is 13.7. The first-order chi connectivity index (χ1) is 19.1. The van der Waals surface area contributed by atoms with Crippen LogP contribution in [0.1, 0.15) is 12.0 Å². The molecule has 12 heteroatoms. The molecule has 1 unspecified atom stereocenters. The maximum absolute atomic E-state index is 13.7. The minimum atomic E-state index is -4.19. The molecule has 0 N–H and O–H groups in total. The quantitative estimate of drug-likeness (QED) is 0.187. The highest BCUT2D eigenvalue weighted by molar-refractivity contribution is 9.10. The van der Waals surface area contributed by atoms with E-state index in [0.717, 1.165) is 35.6 Å². The second-order valence-corrected chi connectivity index (χ2v) is 13.1. The molecule has 0 bridgehead atoms. The van der Waals surface area contributed by atoms with Crippen LogP contribution in [0, 0.1) is 6.92 Å². The van der Waals surface area contributed by atoms with Crippen LogP contribution < -0.4 is 4.90 Å². The van der Waals surface area contributed by atoms with Gasteiger partial charge < -0.3 is 9.47 Å². The Hall–Kier alpha value is -3.00. The minimum Gasteiger partial charge on any atom is -0.354 e. The monoisotopic (exact) mass is 643 g/mol. The number of anilines is 1. The summed E-state index contributed by atoms with van der Waals surface area (Å²) >= 11 is 4.86. The molecular formula is C28H26BrN3O6S2. The Morgan fingerprint density at radius 2 is 1.73 bits per heavy atom. The lowest BCUT2D eigenvalue weighted by atomic mass is 10.2. The first-order valence-corrected chi connectivity index (χ1v) is 15.3. The number of rotatable bonds is 9. The number of hydrogen-bond acceptors (Lipinski definition) is 8. The largest absolute Gasteiger partial charge is 0.354 e. The topological polar surface area (TPSA) is 106 Å². The molecule has 0 saturated carbocycles. The summed E-state index contributed by atoms with van der Waals surface area (Å²) in [4.78, 5) is 32.5. The van der Waals surface area contributed by atoms with E-state index in [-0.39, 0.29) is 17.9 Å². The van der Waals surface area contributed by atoms with E-state index in [0.29, 0.717) is 10.2 Å². The summed E-state index contributed by atoms with van der Waals surface area (Å²) in [5.74, 6) is -1.14. The van der Waals surface area contributed by atoms with Gasteiger partial charge in [-0.05, 0) is 73.2 Å². The third-order valence-corrected chi connectivity index (χ3v) is 10.1. The molecule has 5 rings (SSSR count). The van der Waals surface area contributed by atoms with Crippen molar-refractivity contribution in [2.75, 3.05) is 25.7 Å². The summed E-state index contributed by atoms with van der Waals surface area (Å²) in [5.41, 5.74) is 3.26. The molecular weight excluding hydrogens is 618 g/mol. The number of methoxy groups -OCH3 is 2. The number of ether oxygens (including phenoxy) is 2. The highest BCUT2D eigenvalue weighted by atomic mass is 79.9. The van der Waals surface area contributed by atoms with E-state index in [4.69, 9.17) is 14.5 Å². The fourth-order valence-electron chi connectivity index (χ4n) is 4.55. The van der Waals surface area contributed by atoms with Crippen LogP contribution in [0.2, 0.25) is 0 Å². The van der Waals surface area contributed by atoms with Crippen LogP contribution in [0.3, 0.4) is 0 Å². The summed E-state index contributed by atoms with van der Waals surface area (Å²) in [6, 6.07) is 17.8. The van der Waals surface area contributed by atoms with E-state index < -0.39 is 34.2 Å². The van der Waals surface area contributed by atoms with Gasteiger partial charge in [-0.2, -0.15) is 4.31 Å². The summed E-state index contributed by atoms with van der Waals surface area (Å²) in [7, 11) is -1.44. The van der Waals surface area contributed by atoms with Gasteiger partial charge in [0, 0.05) is 24.3 Å². The van der Waals surface area contributed by atoms with Gasteiger partial charge in [-0.3, -0.25) is 9.59 Å². The Kier molecular flexibility index (Phi) is 8.18. The molecule has 1 aliphatic heterocycles. The SMILES string of the molecule is COC(CN(C1CC(=O)N(c2ccc(-c3nc4ccc(C)cc4s3)cc2)C1=O)S(=O)(=O)c1ccc(Br)cc1)OC. The number of amides is 2. The van der Waals surface area contributed by atoms with Crippen LogP contribution in [0.25, 0.3) is 20.8 Å². The Morgan fingerprint density at radius 1 is 1.05 bits per heavy atom. The molecule has 9 nitrogen and oxygen atoms in total. The maximum Gasteiger partial charge on any atom is 0.252 e. The number of halogens is 1. The number of imide groups is 1. The summed E-state index contributed by atoms with van der Waals surface area (Å²) in [5, 5.41) is 0.820. The van der Waals surface area contributed by atoms with Gasteiger partial charge in [0.2, 0.25) is 15.9 Å². The highest BCUT2D eigenvalue weighted by Gasteiger charge is 2.47. The number of thiazole rings is 1. The van der Waals surface area contributed by atoms with E-state index in [2.05, 4.69) is 22.0 Å². The van der Waals surface area contributed by atoms with E-state index in [9.17, 15) is 18.0 Å². The number of nitrogens with zero attached hydrogens (tertiary/aromatic N) is 3. The highest BCUT2D eigenvalue weighted by Crippen LogP contribution is 2.34. The second-order valence-electron chi connectivity index (χ2n) is 9.25. The molecule has 2 amide bonds. The average Bonchev–Trinajstić information content (AvgIpc) is 3.49. The molecule has 4 aromatic rings. The van der Waals surface area contributed by atoms with Gasteiger partial charge in [0.25, 0.3) is 5.91 Å². The molecule has 1 atom stereocenters. The summed E-state index contributed by atoms with van der Waals surface area (Å²) in [6.45, 7) is 1.75. The molecule has 0 aliphatic carbocycles. The Balaban J connectivity index is 1.44. The van der Waals surface area contributed by atoms with E-state index in [1.54, 1.807) is 47.7 Å². The summed E-state index contributed by atoms with van der Waals surface area (Å²) < 4.78 is 40.7.